The Morgan fingerprint density at radius 3 is 2.50 bits per heavy atom. The van der Waals surface area contributed by atoms with Crippen LogP contribution < -0.4 is 10.1 Å². The lowest BCUT2D eigenvalue weighted by Crippen LogP contribution is -2.40. The summed E-state index contributed by atoms with van der Waals surface area (Å²) in [6.07, 6.45) is 6.41. The molecule has 7 nitrogen and oxygen atoms in total. The number of imidazole rings is 1. The van der Waals surface area contributed by atoms with Crippen molar-refractivity contribution in [2.24, 2.45) is 0 Å². The molecule has 0 aliphatic carbocycles. The van der Waals surface area contributed by atoms with Gasteiger partial charge in [0.1, 0.15) is 23.4 Å². The normalized spacial score (nSPS) is 15.0. The van der Waals surface area contributed by atoms with Gasteiger partial charge in [0.2, 0.25) is 5.95 Å². The van der Waals surface area contributed by atoms with Crippen LogP contribution >= 0.6 is 0 Å². The second-order valence-corrected chi connectivity index (χ2v) is 8.74. The van der Waals surface area contributed by atoms with Crippen molar-refractivity contribution in [3.05, 3.63) is 78.0 Å². The molecule has 0 unspecified atom stereocenters. The standard InChI is InChI=1S/C26H29FN6O/c1-34-23-8-4-19(5-9-23)10-13-32-14-11-22(12-15-32)30-26-31-24-16-28-18-29-25(24)33(26)17-20-2-6-21(27)7-3-20/h2-9,16,18,22H,10-15,17H2,1H3,(H,30,31). The highest BCUT2D eigenvalue weighted by Gasteiger charge is 2.22. The van der Waals surface area contributed by atoms with Gasteiger partial charge in [0, 0.05) is 25.7 Å². The largest absolute Gasteiger partial charge is 0.497 e. The van der Waals surface area contributed by atoms with E-state index in [9.17, 15) is 4.39 Å². The number of rotatable bonds is 8. The van der Waals surface area contributed by atoms with E-state index in [1.54, 1.807) is 25.4 Å². The number of fused-ring (bicyclic) bond motifs is 1. The van der Waals surface area contributed by atoms with Gasteiger partial charge in [-0.3, -0.25) is 4.57 Å². The first-order valence-electron chi connectivity index (χ1n) is 11.7. The molecule has 3 heterocycles. The van der Waals surface area contributed by atoms with Crippen LogP contribution in [0.3, 0.4) is 0 Å². The lowest BCUT2D eigenvalue weighted by atomic mass is 10.0. The Bertz CT molecular complexity index is 1220. The van der Waals surface area contributed by atoms with Crippen LogP contribution in [0.1, 0.15) is 24.0 Å². The van der Waals surface area contributed by atoms with Crippen molar-refractivity contribution in [2.75, 3.05) is 32.1 Å². The molecule has 0 saturated carbocycles. The lowest BCUT2D eigenvalue weighted by Gasteiger charge is -2.32. The van der Waals surface area contributed by atoms with Crippen molar-refractivity contribution in [2.45, 2.75) is 31.8 Å². The maximum atomic E-state index is 13.4. The molecule has 2 aromatic heterocycles. The van der Waals surface area contributed by atoms with Gasteiger partial charge in [-0.25, -0.2) is 19.3 Å². The Balaban J connectivity index is 1.21. The van der Waals surface area contributed by atoms with E-state index < -0.39 is 0 Å². The number of nitrogens with one attached hydrogen (secondary N) is 1. The zero-order valence-electron chi connectivity index (χ0n) is 19.3. The number of nitrogens with zero attached hydrogens (tertiary/aromatic N) is 5. The summed E-state index contributed by atoms with van der Waals surface area (Å²) in [7, 11) is 1.69. The highest BCUT2D eigenvalue weighted by atomic mass is 19.1. The van der Waals surface area contributed by atoms with E-state index in [2.05, 4.69) is 36.9 Å². The molecule has 1 N–H and O–H groups in total. The van der Waals surface area contributed by atoms with Crippen molar-refractivity contribution in [1.82, 2.24) is 24.4 Å². The fraction of sp³-hybridized carbons (Fsp3) is 0.346. The summed E-state index contributed by atoms with van der Waals surface area (Å²) < 4.78 is 20.7. The summed E-state index contributed by atoms with van der Waals surface area (Å²) in [6, 6.07) is 15.2. The van der Waals surface area contributed by atoms with Gasteiger partial charge in [0.15, 0.2) is 5.65 Å². The Kier molecular flexibility index (Phi) is 6.67. The van der Waals surface area contributed by atoms with E-state index in [0.29, 0.717) is 12.6 Å². The number of halogens is 1. The summed E-state index contributed by atoms with van der Waals surface area (Å²) >= 11 is 0. The first-order chi connectivity index (χ1) is 16.7. The van der Waals surface area contributed by atoms with Gasteiger partial charge in [0.05, 0.1) is 19.9 Å². The second kappa shape index (κ2) is 10.2. The van der Waals surface area contributed by atoms with Crippen molar-refractivity contribution < 1.29 is 9.13 Å². The van der Waals surface area contributed by atoms with Gasteiger partial charge < -0.3 is 15.0 Å². The van der Waals surface area contributed by atoms with Crippen molar-refractivity contribution in [3.8, 4) is 5.75 Å². The maximum Gasteiger partial charge on any atom is 0.205 e. The average Bonchev–Trinajstić information content (AvgIpc) is 3.22. The van der Waals surface area contributed by atoms with Gasteiger partial charge in [-0.2, -0.15) is 0 Å². The Labute approximate surface area is 198 Å². The maximum absolute atomic E-state index is 13.4. The third kappa shape index (κ3) is 5.17. The quantitative estimate of drug-likeness (QED) is 0.426. The molecule has 1 fully saturated rings. The number of anilines is 1. The minimum Gasteiger partial charge on any atom is -0.497 e. The highest BCUT2D eigenvalue weighted by Crippen LogP contribution is 2.22. The summed E-state index contributed by atoms with van der Waals surface area (Å²) in [6.45, 7) is 3.71. The van der Waals surface area contributed by atoms with Gasteiger partial charge in [-0.05, 0) is 54.7 Å². The van der Waals surface area contributed by atoms with Crippen molar-refractivity contribution in [3.63, 3.8) is 0 Å². The molecule has 0 atom stereocenters. The van der Waals surface area contributed by atoms with Crippen LogP contribution in [-0.4, -0.2) is 57.2 Å². The molecule has 5 rings (SSSR count). The molecule has 0 spiro atoms. The number of methoxy groups -OCH3 is 1. The number of ether oxygens (including phenoxy) is 1. The zero-order valence-corrected chi connectivity index (χ0v) is 19.3. The number of hydrogen-bond acceptors (Lipinski definition) is 6. The molecule has 0 amide bonds. The average molecular weight is 461 g/mol. The van der Waals surface area contributed by atoms with Crippen LogP contribution in [0.25, 0.3) is 11.2 Å². The van der Waals surface area contributed by atoms with Crippen LogP contribution in [0.15, 0.2) is 61.1 Å². The molecule has 0 bridgehead atoms. The fourth-order valence-corrected chi connectivity index (χ4v) is 4.47. The van der Waals surface area contributed by atoms with E-state index in [4.69, 9.17) is 9.72 Å². The summed E-state index contributed by atoms with van der Waals surface area (Å²) in [5, 5.41) is 3.65. The molecular weight excluding hydrogens is 431 g/mol. The minimum absolute atomic E-state index is 0.237. The van der Waals surface area contributed by atoms with Crippen LogP contribution in [0.2, 0.25) is 0 Å². The number of likely N-dealkylation sites (tertiary alicyclic amines) is 1. The monoisotopic (exact) mass is 460 g/mol. The fourth-order valence-electron chi connectivity index (χ4n) is 4.47. The van der Waals surface area contributed by atoms with E-state index >= 15 is 0 Å². The van der Waals surface area contributed by atoms with Crippen molar-refractivity contribution >= 4 is 17.1 Å². The predicted molar refractivity (Wildman–Crippen MR) is 131 cm³/mol. The lowest BCUT2D eigenvalue weighted by molar-refractivity contribution is 0.221. The first-order valence-corrected chi connectivity index (χ1v) is 11.7. The molecule has 1 saturated heterocycles. The zero-order chi connectivity index (χ0) is 23.3. The van der Waals surface area contributed by atoms with E-state index in [1.165, 1.54) is 24.0 Å². The number of piperidine rings is 1. The van der Waals surface area contributed by atoms with Crippen LogP contribution in [0.4, 0.5) is 10.3 Å². The van der Waals surface area contributed by atoms with E-state index in [1.807, 2.05) is 12.1 Å². The minimum atomic E-state index is -0.237. The van der Waals surface area contributed by atoms with E-state index in [0.717, 1.165) is 67.3 Å². The number of hydrogen-bond donors (Lipinski definition) is 1. The summed E-state index contributed by atoms with van der Waals surface area (Å²) in [5.74, 6) is 1.45. The van der Waals surface area contributed by atoms with Crippen LogP contribution in [-0.2, 0) is 13.0 Å². The first kappa shape index (κ1) is 22.3. The topological polar surface area (TPSA) is 68.1 Å². The van der Waals surface area contributed by atoms with Crippen LogP contribution in [0, 0.1) is 5.82 Å². The molecule has 4 aromatic rings. The molecule has 0 radical (unpaired) electrons. The highest BCUT2D eigenvalue weighted by molar-refractivity contribution is 5.73. The smallest absolute Gasteiger partial charge is 0.205 e. The molecule has 2 aromatic carbocycles. The molecular formula is C26H29FN6O. The Morgan fingerprint density at radius 2 is 1.76 bits per heavy atom. The van der Waals surface area contributed by atoms with Gasteiger partial charge in [-0.15, -0.1) is 0 Å². The molecule has 176 valence electrons. The Hall–Kier alpha value is -3.52. The molecule has 1 aliphatic rings. The molecule has 1 aliphatic heterocycles. The second-order valence-electron chi connectivity index (χ2n) is 8.74. The third-order valence-corrected chi connectivity index (χ3v) is 6.46. The SMILES string of the molecule is COc1ccc(CCN2CCC(Nc3nc4cncnc4n3Cc3ccc(F)cc3)CC2)cc1. The molecule has 8 heteroatoms. The summed E-state index contributed by atoms with van der Waals surface area (Å²) in [4.78, 5) is 15.8. The molecule has 34 heavy (non-hydrogen) atoms. The van der Waals surface area contributed by atoms with Gasteiger partial charge in [-0.1, -0.05) is 24.3 Å². The van der Waals surface area contributed by atoms with Gasteiger partial charge in [0.25, 0.3) is 0 Å². The van der Waals surface area contributed by atoms with Crippen molar-refractivity contribution in [1.29, 1.82) is 0 Å². The number of benzene rings is 2. The third-order valence-electron chi connectivity index (χ3n) is 6.46. The summed E-state index contributed by atoms with van der Waals surface area (Å²) in [5.41, 5.74) is 3.86. The van der Waals surface area contributed by atoms with Crippen LogP contribution in [0.5, 0.6) is 5.75 Å². The predicted octanol–water partition coefficient (Wildman–Crippen LogP) is 4.14. The number of aromatic nitrogens is 4. The van der Waals surface area contributed by atoms with Gasteiger partial charge >= 0.3 is 0 Å². The van der Waals surface area contributed by atoms with E-state index in [-0.39, 0.29) is 5.82 Å². The Morgan fingerprint density at radius 1 is 1.03 bits per heavy atom.